The van der Waals surface area contributed by atoms with Gasteiger partial charge in [-0.15, -0.1) is 0 Å². The van der Waals surface area contributed by atoms with Crippen molar-refractivity contribution in [2.45, 2.75) is 76.7 Å². The van der Waals surface area contributed by atoms with E-state index in [2.05, 4.69) is 27.7 Å². The highest BCUT2D eigenvalue weighted by atomic mass is 16.2. The fourth-order valence-electron chi connectivity index (χ4n) is 4.59. The molecule has 0 aromatic heterocycles. The summed E-state index contributed by atoms with van der Waals surface area (Å²) < 4.78 is 0. The van der Waals surface area contributed by atoms with Gasteiger partial charge in [0.1, 0.15) is 5.41 Å². The summed E-state index contributed by atoms with van der Waals surface area (Å²) in [6, 6.07) is 8.31. The Bertz CT molecular complexity index is 682. The van der Waals surface area contributed by atoms with E-state index in [0.717, 1.165) is 31.6 Å². The van der Waals surface area contributed by atoms with Crippen molar-refractivity contribution in [3.05, 3.63) is 24.3 Å². The lowest BCUT2D eigenvalue weighted by molar-refractivity contribution is -0.134. The molecule has 0 spiro atoms. The van der Waals surface area contributed by atoms with Gasteiger partial charge in [0.25, 0.3) is 0 Å². The molecule has 152 valence electrons. The number of carbonyl (C=O) groups is 2. The molecule has 1 aliphatic heterocycles. The summed E-state index contributed by atoms with van der Waals surface area (Å²) in [6.45, 7) is 2.21. The second kappa shape index (κ2) is 8.54. The summed E-state index contributed by atoms with van der Waals surface area (Å²) in [7, 11) is 0. The number of hydrogen-bond acceptors (Lipinski definition) is 3. The highest BCUT2D eigenvalue weighted by Crippen LogP contribution is 2.47. The minimum atomic E-state index is -0.849. The minimum Gasteiger partial charge on any atom is -0.372 e. The van der Waals surface area contributed by atoms with Crippen LogP contribution in [0.15, 0.2) is 24.3 Å². The predicted octanol–water partition coefficient (Wildman–Crippen LogP) is 4.23. The number of hydrogen-bond donors (Lipinski definition) is 2. The van der Waals surface area contributed by atoms with Crippen molar-refractivity contribution in [3.8, 4) is 0 Å². The first kappa shape index (κ1) is 19.3. The Kier molecular flexibility index (Phi) is 5.88. The van der Waals surface area contributed by atoms with E-state index >= 15 is 0 Å². The fraction of sp³-hybridized carbons (Fsp3) is 0.652. The Morgan fingerprint density at radius 3 is 2.04 bits per heavy atom. The van der Waals surface area contributed by atoms with Crippen LogP contribution in [0.25, 0.3) is 0 Å². The van der Waals surface area contributed by atoms with Crippen molar-refractivity contribution >= 4 is 23.2 Å². The van der Waals surface area contributed by atoms with Crippen molar-refractivity contribution < 1.29 is 9.59 Å². The summed E-state index contributed by atoms with van der Waals surface area (Å²) >= 11 is 0. The number of nitrogens with zero attached hydrogens (tertiary/aromatic N) is 1. The molecule has 2 saturated carbocycles. The maximum Gasteiger partial charge on any atom is 0.240 e. The van der Waals surface area contributed by atoms with Crippen LogP contribution in [0.2, 0.25) is 0 Å². The van der Waals surface area contributed by atoms with E-state index in [1.807, 2.05) is 12.1 Å². The first-order valence-electron chi connectivity index (χ1n) is 11.1. The van der Waals surface area contributed by atoms with Crippen molar-refractivity contribution in [3.63, 3.8) is 0 Å². The van der Waals surface area contributed by atoms with Gasteiger partial charge in [-0.05, 0) is 69.2 Å². The van der Waals surface area contributed by atoms with Gasteiger partial charge in [-0.25, -0.2) is 0 Å². The Morgan fingerprint density at radius 2 is 1.43 bits per heavy atom. The third-order valence-electron chi connectivity index (χ3n) is 6.66. The third-order valence-corrected chi connectivity index (χ3v) is 6.66. The molecule has 0 atom stereocenters. The summed E-state index contributed by atoms with van der Waals surface area (Å²) in [6.07, 6.45) is 12.1. The molecule has 28 heavy (non-hydrogen) atoms. The molecule has 2 aliphatic carbocycles. The van der Waals surface area contributed by atoms with E-state index in [1.165, 1.54) is 50.6 Å². The fourth-order valence-corrected chi connectivity index (χ4v) is 4.59. The molecule has 0 radical (unpaired) electrons. The van der Waals surface area contributed by atoms with Gasteiger partial charge >= 0.3 is 0 Å². The number of carbonyl (C=O) groups excluding carboxylic acids is 2. The largest absolute Gasteiger partial charge is 0.372 e. The SMILES string of the molecule is O=C(Nc1ccc(N2CCCCC2)cc1)C1(C(=O)NC2CCCCCC2)CC1. The summed E-state index contributed by atoms with van der Waals surface area (Å²) in [5, 5.41) is 6.16. The molecule has 1 aromatic carbocycles. The van der Waals surface area contributed by atoms with Crippen LogP contribution in [-0.4, -0.2) is 30.9 Å². The molecule has 5 nitrogen and oxygen atoms in total. The molecule has 5 heteroatoms. The zero-order valence-electron chi connectivity index (χ0n) is 16.8. The van der Waals surface area contributed by atoms with Crippen molar-refractivity contribution in [1.82, 2.24) is 5.32 Å². The molecule has 1 heterocycles. The Morgan fingerprint density at radius 1 is 0.821 bits per heavy atom. The van der Waals surface area contributed by atoms with Crippen LogP contribution >= 0.6 is 0 Å². The maximum atomic E-state index is 12.9. The average molecular weight is 384 g/mol. The van der Waals surface area contributed by atoms with Gasteiger partial charge < -0.3 is 15.5 Å². The lowest BCUT2D eigenvalue weighted by Gasteiger charge is -2.29. The monoisotopic (exact) mass is 383 g/mol. The lowest BCUT2D eigenvalue weighted by Crippen LogP contribution is -2.44. The van der Waals surface area contributed by atoms with Crippen molar-refractivity contribution in [2.75, 3.05) is 23.3 Å². The number of piperidine rings is 1. The van der Waals surface area contributed by atoms with Gasteiger partial charge in [-0.1, -0.05) is 25.7 Å². The molecule has 3 fully saturated rings. The smallest absolute Gasteiger partial charge is 0.240 e. The molecular weight excluding hydrogens is 350 g/mol. The van der Waals surface area contributed by atoms with Gasteiger partial charge in [0, 0.05) is 30.5 Å². The summed E-state index contributed by atoms with van der Waals surface area (Å²) in [4.78, 5) is 28.1. The highest BCUT2D eigenvalue weighted by Gasteiger charge is 2.56. The summed E-state index contributed by atoms with van der Waals surface area (Å²) in [5.74, 6) is -0.216. The zero-order valence-corrected chi connectivity index (χ0v) is 16.8. The van der Waals surface area contributed by atoms with E-state index in [9.17, 15) is 9.59 Å². The number of benzene rings is 1. The van der Waals surface area contributed by atoms with Crippen LogP contribution in [0.4, 0.5) is 11.4 Å². The average Bonchev–Trinajstić information content (AvgIpc) is 3.55. The number of nitrogens with one attached hydrogen (secondary N) is 2. The topological polar surface area (TPSA) is 61.4 Å². The molecule has 2 N–H and O–H groups in total. The van der Waals surface area contributed by atoms with E-state index in [1.54, 1.807) is 0 Å². The lowest BCUT2D eigenvalue weighted by atomic mass is 10.0. The molecule has 1 saturated heterocycles. The van der Waals surface area contributed by atoms with Crippen LogP contribution in [0.1, 0.15) is 70.6 Å². The normalized spacial score (nSPS) is 22.2. The molecular formula is C23H33N3O2. The van der Waals surface area contributed by atoms with Gasteiger partial charge in [0.05, 0.1) is 0 Å². The molecule has 4 rings (SSSR count). The van der Waals surface area contributed by atoms with E-state index in [4.69, 9.17) is 0 Å². The predicted molar refractivity (Wildman–Crippen MR) is 112 cm³/mol. The molecule has 0 bridgehead atoms. The number of rotatable bonds is 5. The van der Waals surface area contributed by atoms with E-state index in [-0.39, 0.29) is 17.9 Å². The van der Waals surface area contributed by atoms with Crippen LogP contribution in [-0.2, 0) is 9.59 Å². The third kappa shape index (κ3) is 4.34. The maximum absolute atomic E-state index is 12.9. The van der Waals surface area contributed by atoms with Gasteiger partial charge in [-0.2, -0.15) is 0 Å². The second-order valence-electron chi connectivity index (χ2n) is 8.79. The quantitative estimate of drug-likeness (QED) is 0.591. The van der Waals surface area contributed by atoms with Crippen molar-refractivity contribution in [1.29, 1.82) is 0 Å². The van der Waals surface area contributed by atoms with E-state index < -0.39 is 5.41 Å². The zero-order chi connectivity index (χ0) is 19.4. The van der Waals surface area contributed by atoms with Crippen LogP contribution < -0.4 is 15.5 Å². The Hall–Kier alpha value is -2.04. The first-order chi connectivity index (χ1) is 13.7. The molecule has 1 aromatic rings. The van der Waals surface area contributed by atoms with Crippen LogP contribution in [0.3, 0.4) is 0 Å². The van der Waals surface area contributed by atoms with Gasteiger partial charge in [-0.3, -0.25) is 9.59 Å². The van der Waals surface area contributed by atoms with Gasteiger partial charge in [0.15, 0.2) is 0 Å². The molecule has 3 aliphatic rings. The highest BCUT2D eigenvalue weighted by molar-refractivity contribution is 6.13. The first-order valence-corrected chi connectivity index (χ1v) is 11.1. The second-order valence-corrected chi connectivity index (χ2v) is 8.79. The Labute approximate surface area is 168 Å². The van der Waals surface area contributed by atoms with Gasteiger partial charge in [0.2, 0.25) is 11.8 Å². The standard InChI is InChI=1S/C23H33N3O2/c27-21(24-18-8-4-1-2-5-9-18)23(14-15-23)22(28)25-19-10-12-20(13-11-19)26-16-6-3-7-17-26/h10-13,18H,1-9,14-17H2,(H,24,27)(H,25,28). The van der Waals surface area contributed by atoms with Crippen LogP contribution in [0, 0.1) is 5.41 Å². The molecule has 0 unspecified atom stereocenters. The molecule has 2 amide bonds. The number of anilines is 2. The number of amides is 2. The Balaban J connectivity index is 1.34. The van der Waals surface area contributed by atoms with Crippen LogP contribution in [0.5, 0.6) is 0 Å². The minimum absolute atomic E-state index is 0.0677. The van der Waals surface area contributed by atoms with Crippen molar-refractivity contribution in [2.24, 2.45) is 5.41 Å². The van der Waals surface area contributed by atoms with E-state index in [0.29, 0.717) is 12.8 Å². The summed E-state index contributed by atoms with van der Waals surface area (Å²) in [5.41, 5.74) is 1.14.